The van der Waals surface area contributed by atoms with Gasteiger partial charge < -0.3 is 9.64 Å². The lowest BCUT2D eigenvalue weighted by Gasteiger charge is -2.31. The Morgan fingerprint density at radius 3 is 2.72 bits per heavy atom. The van der Waals surface area contributed by atoms with Crippen molar-refractivity contribution >= 4 is 33.2 Å². The second-order valence-electron chi connectivity index (χ2n) is 7.41. The van der Waals surface area contributed by atoms with Gasteiger partial charge in [0.05, 0.1) is 10.7 Å². The number of likely N-dealkylation sites (tertiary alicyclic amines) is 1. The Bertz CT molecular complexity index is 1100. The summed E-state index contributed by atoms with van der Waals surface area (Å²) >= 11 is 5.08. The summed E-state index contributed by atoms with van der Waals surface area (Å²) in [7, 11) is 0. The van der Waals surface area contributed by atoms with E-state index in [4.69, 9.17) is 9.72 Å². The minimum atomic E-state index is -4.50. The molecule has 1 saturated heterocycles. The molecule has 3 aromatic rings. The zero-order valence-electron chi connectivity index (χ0n) is 16.8. The highest BCUT2D eigenvalue weighted by Crippen LogP contribution is 2.34. The van der Waals surface area contributed by atoms with Gasteiger partial charge in [0.25, 0.3) is 5.91 Å². The average Bonchev–Trinajstić information content (AvgIpc) is 3.27. The molecule has 4 rings (SSSR count). The van der Waals surface area contributed by atoms with Gasteiger partial charge in [-0.25, -0.2) is 9.97 Å². The van der Waals surface area contributed by atoms with Crippen molar-refractivity contribution in [3.05, 3.63) is 63.0 Å². The van der Waals surface area contributed by atoms with E-state index in [0.29, 0.717) is 13.1 Å². The van der Waals surface area contributed by atoms with Crippen LogP contribution in [0.4, 0.5) is 13.2 Å². The lowest BCUT2D eigenvalue weighted by Crippen LogP contribution is -2.38. The third-order valence-corrected chi connectivity index (χ3v) is 6.65. The highest BCUT2D eigenvalue weighted by atomic mass is 79.9. The van der Waals surface area contributed by atoms with Crippen molar-refractivity contribution < 1.29 is 22.7 Å². The fourth-order valence-electron chi connectivity index (χ4n) is 3.57. The molecule has 168 valence electrons. The molecule has 32 heavy (non-hydrogen) atoms. The topological polar surface area (TPSA) is 55.3 Å². The van der Waals surface area contributed by atoms with Crippen LogP contribution in [-0.4, -0.2) is 46.6 Å². The predicted molar refractivity (Wildman–Crippen MR) is 119 cm³/mol. The summed E-state index contributed by atoms with van der Waals surface area (Å²) in [6, 6.07) is 10.9. The lowest BCUT2D eigenvalue weighted by atomic mass is 9.97. The molecule has 1 fully saturated rings. The zero-order valence-corrected chi connectivity index (χ0v) is 19.2. The normalized spacial score (nSPS) is 15.1. The maximum atomic E-state index is 12.9. The summed E-state index contributed by atoms with van der Waals surface area (Å²) in [6.07, 6.45) is -1.73. The number of halogens is 4. The molecule has 0 aliphatic carbocycles. The molecule has 0 radical (unpaired) electrons. The smallest absolute Gasteiger partial charge is 0.422 e. The van der Waals surface area contributed by atoms with E-state index < -0.39 is 12.8 Å². The molecule has 1 aromatic carbocycles. The van der Waals surface area contributed by atoms with Crippen LogP contribution in [0.3, 0.4) is 0 Å². The van der Waals surface area contributed by atoms with Crippen LogP contribution in [-0.2, 0) is 0 Å². The van der Waals surface area contributed by atoms with Gasteiger partial charge >= 0.3 is 6.18 Å². The van der Waals surface area contributed by atoms with E-state index >= 15 is 0 Å². The van der Waals surface area contributed by atoms with E-state index in [9.17, 15) is 18.0 Å². The van der Waals surface area contributed by atoms with Gasteiger partial charge in [-0.2, -0.15) is 13.2 Å². The third kappa shape index (κ3) is 5.47. The minimum absolute atomic E-state index is 0.0430. The number of benzene rings is 1. The highest BCUT2D eigenvalue weighted by Gasteiger charge is 2.31. The van der Waals surface area contributed by atoms with Gasteiger partial charge in [0.15, 0.2) is 6.61 Å². The van der Waals surface area contributed by atoms with Crippen LogP contribution in [0.5, 0.6) is 5.88 Å². The summed E-state index contributed by atoms with van der Waals surface area (Å²) in [5.41, 5.74) is 2.01. The first kappa shape index (κ1) is 22.7. The molecule has 10 heteroatoms. The van der Waals surface area contributed by atoms with Gasteiger partial charge in [-0.05, 0) is 37.1 Å². The number of hydrogen-bond acceptors (Lipinski definition) is 5. The van der Waals surface area contributed by atoms with Gasteiger partial charge in [0.2, 0.25) is 5.88 Å². The van der Waals surface area contributed by atoms with Gasteiger partial charge in [-0.1, -0.05) is 28.1 Å². The van der Waals surface area contributed by atoms with Crippen molar-refractivity contribution in [3.63, 3.8) is 0 Å². The van der Waals surface area contributed by atoms with E-state index in [2.05, 4.69) is 20.9 Å². The molecule has 1 aliphatic heterocycles. The lowest BCUT2D eigenvalue weighted by molar-refractivity contribution is -0.154. The molecule has 0 saturated carbocycles. The molecule has 1 aliphatic rings. The van der Waals surface area contributed by atoms with Gasteiger partial charge in [-0.15, -0.1) is 11.3 Å². The van der Waals surface area contributed by atoms with Crippen LogP contribution in [0.2, 0.25) is 0 Å². The van der Waals surface area contributed by atoms with Crippen LogP contribution >= 0.6 is 27.3 Å². The Kier molecular flexibility index (Phi) is 6.80. The molecule has 0 atom stereocenters. The summed E-state index contributed by atoms with van der Waals surface area (Å²) in [5, 5.41) is 3.07. The molecule has 0 N–H and O–H groups in total. The summed E-state index contributed by atoms with van der Waals surface area (Å²) in [6.45, 7) is -0.511. The zero-order chi connectivity index (χ0) is 22.7. The molecule has 0 unspecified atom stereocenters. The van der Waals surface area contributed by atoms with Crippen molar-refractivity contribution in [2.75, 3.05) is 19.7 Å². The van der Waals surface area contributed by atoms with Crippen molar-refractivity contribution in [2.24, 2.45) is 0 Å². The monoisotopic (exact) mass is 525 g/mol. The Labute approximate surface area is 195 Å². The summed E-state index contributed by atoms with van der Waals surface area (Å²) in [5.74, 6) is -0.432. The number of hydrogen-bond donors (Lipinski definition) is 0. The number of ether oxygens (including phenoxy) is 1. The largest absolute Gasteiger partial charge is 0.467 e. The average molecular weight is 526 g/mol. The van der Waals surface area contributed by atoms with Gasteiger partial charge in [-0.3, -0.25) is 4.79 Å². The first-order valence-electron chi connectivity index (χ1n) is 9.95. The number of piperidine rings is 1. The number of nitrogens with zero attached hydrogens (tertiary/aromatic N) is 3. The van der Waals surface area contributed by atoms with Crippen molar-refractivity contribution in [1.29, 1.82) is 0 Å². The molecule has 5 nitrogen and oxygen atoms in total. The van der Waals surface area contributed by atoms with E-state index in [-0.39, 0.29) is 23.3 Å². The van der Waals surface area contributed by atoms with Gasteiger partial charge in [0, 0.05) is 40.6 Å². The van der Waals surface area contributed by atoms with Crippen molar-refractivity contribution in [1.82, 2.24) is 14.9 Å². The van der Waals surface area contributed by atoms with Crippen LogP contribution < -0.4 is 4.74 Å². The standard InChI is InChI=1S/C22H19BrF3N3O2S/c23-16-4-1-3-15(11-16)18-12-32-20(28-18)14-6-9-29(10-7-14)21(30)17-5-2-8-27-19(17)31-13-22(24,25)26/h1-5,8,11-12,14H,6-7,9-10,13H2. The fourth-order valence-corrected chi connectivity index (χ4v) is 4.97. The van der Waals surface area contributed by atoms with Crippen molar-refractivity contribution in [3.8, 4) is 17.1 Å². The molecule has 0 spiro atoms. The number of aromatic nitrogens is 2. The maximum Gasteiger partial charge on any atom is 0.422 e. The summed E-state index contributed by atoms with van der Waals surface area (Å²) < 4.78 is 43.3. The molecule has 2 aromatic heterocycles. The second-order valence-corrected chi connectivity index (χ2v) is 9.21. The second kappa shape index (κ2) is 9.58. The maximum absolute atomic E-state index is 12.9. The summed E-state index contributed by atoms with van der Waals surface area (Å²) in [4.78, 5) is 23.2. The number of amides is 1. The molecule has 1 amide bonds. The molecular formula is C22H19BrF3N3O2S. The first-order valence-corrected chi connectivity index (χ1v) is 11.6. The Hall–Kier alpha value is -2.46. The number of alkyl halides is 3. The van der Waals surface area contributed by atoms with Gasteiger partial charge in [0.1, 0.15) is 5.56 Å². The van der Waals surface area contributed by atoms with E-state index in [1.807, 2.05) is 29.6 Å². The number of pyridine rings is 1. The first-order chi connectivity index (χ1) is 15.3. The van der Waals surface area contributed by atoms with E-state index in [0.717, 1.165) is 33.6 Å². The molecule has 3 heterocycles. The molecule has 0 bridgehead atoms. The van der Waals surface area contributed by atoms with Crippen LogP contribution in [0.1, 0.15) is 34.1 Å². The Morgan fingerprint density at radius 2 is 2.00 bits per heavy atom. The minimum Gasteiger partial charge on any atom is -0.467 e. The Morgan fingerprint density at radius 1 is 1.22 bits per heavy atom. The third-order valence-electron chi connectivity index (χ3n) is 5.15. The van der Waals surface area contributed by atoms with Crippen molar-refractivity contribution in [2.45, 2.75) is 24.9 Å². The number of carbonyl (C=O) groups excluding carboxylic acids is 1. The van der Waals surface area contributed by atoms with E-state index in [1.165, 1.54) is 18.3 Å². The number of rotatable bonds is 5. The number of carbonyl (C=O) groups is 1. The number of thiazole rings is 1. The quantitative estimate of drug-likeness (QED) is 0.414. The van der Waals surface area contributed by atoms with Crippen LogP contribution in [0, 0.1) is 0 Å². The predicted octanol–water partition coefficient (Wildman–Crippen LogP) is 5.93. The van der Waals surface area contributed by atoms with Crippen LogP contribution in [0.15, 0.2) is 52.4 Å². The van der Waals surface area contributed by atoms with E-state index in [1.54, 1.807) is 16.2 Å². The Balaban J connectivity index is 1.40. The molecular weight excluding hydrogens is 507 g/mol. The SMILES string of the molecule is O=C(c1cccnc1OCC(F)(F)F)N1CCC(c2nc(-c3cccc(Br)c3)cs2)CC1. The van der Waals surface area contributed by atoms with Crippen LogP contribution in [0.25, 0.3) is 11.3 Å². The fraction of sp³-hybridized carbons (Fsp3) is 0.318. The highest BCUT2D eigenvalue weighted by molar-refractivity contribution is 9.10.